The monoisotopic (exact) mass is 532 g/mol. The molecule has 4 nitrogen and oxygen atoms in total. The Labute approximate surface area is 86.1 Å². The molecule has 0 aromatic carbocycles. The second kappa shape index (κ2) is 6.52. The summed E-state index contributed by atoms with van der Waals surface area (Å²) in [6.45, 7) is 0. The average Bonchev–Trinajstić information content (AvgIpc) is 0.722. The van der Waals surface area contributed by atoms with Gasteiger partial charge in [0, 0.05) is 0 Å². The molecular formula is H4O4Pb2Ti. The van der Waals surface area contributed by atoms with Crippen molar-refractivity contribution in [2.24, 2.45) is 0 Å². The fraction of sp³-hybridized carbons (Fsp3) is 0. The van der Waals surface area contributed by atoms with Crippen molar-refractivity contribution in [3.8, 4) is 0 Å². The van der Waals surface area contributed by atoms with Crippen LogP contribution in [0.15, 0.2) is 0 Å². The summed E-state index contributed by atoms with van der Waals surface area (Å²) < 4.78 is 34.5. The van der Waals surface area contributed by atoms with Gasteiger partial charge in [-0.05, 0) is 0 Å². The van der Waals surface area contributed by atoms with Crippen LogP contribution in [-0.4, -0.2) is 54.6 Å². The maximum atomic E-state index is 8.62. The summed E-state index contributed by atoms with van der Waals surface area (Å²) in [5.74, 6) is 0. The molecule has 0 unspecified atom stereocenters. The predicted octanol–water partition coefficient (Wildman–Crippen LogP) is -6.59. The third kappa shape index (κ3) is 59.8. The van der Waals surface area contributed by atoms with Gasteiger partial charge in [-0.25, -0.2) is 0 Å². The van der Waals surface area contributed by atoms with Gasteiger partial charge in [0.2, 0.25) is 0 Å². The molecule has 40 valence electrons. The molecule has 0 amide bonds. The quantitative estimate of drug-likeness (QED) is 0.292. The van der Waals surface area contributed by atoms with Gasteiger partial charge in [0.1, 0.15) is 0 Å². The van der Waals surface area contributed by atoms with E-state index in [9.17, 15) is 0 Å². The van der Waals surface area contributed by atoms with Crippen LogP contribution in [0.5, 0.6) is 0 Å². The summed E-state index contributed by atoms with van der Waals surface area (Å²) in [5.41, 5.74) is 0. The van der Waals surface area contributed by atoms with Crippen LogP contribution in [0.25, 0.3) is 0 Å². The van der Waals surface area contributed by atoms with Gasteiger partial charge in [-0.1, -0.05) is 0 Å². The van der Waals surface area contributed by atoms with Gasteiger partial charge in [0.05, 0.1) is 0 Å². The fourth-order valence-corrected chi connectivity index (χ4v) is 0. The normalized spacial score (nSPS) is 8.57. The molecule has 0 saturated heterocycles. The summed E-state index contributed by atoms with van der Waals surface area (Å²) in [7, 11) is 0. The Morgan fingerprint density at radius 2 is 0.714 bits per heavy atom. The minimum absolute atomic E-state index is 0. The Morgan fingerprint density at radius 3 is 0.714 bits per heavy atom. The zero-order chi connectivity index (χ0) is 4.50. The van der Waals surface area contributed by atoms with Crippen molar-refractivity contribution >= 4 is 54.6 Å². The minimum atomic E-state index is -6.00. The Kier molecular flexibility index (Phi) is 15.1. The van der Waals surface area contributed by atoms with Crippen LogP contribution in [0.3, 0.4) is 0 Å². The summed E-state index contributed by atoms with van der Waals surface area (Å²) in [4.78, 5) is 0. The Hall–Kier alpha value is 2.40. The van der Waals surface area contributed by atoms with E-state index < -0.39 is 18.1 Å². The molecule has 0 aliphatic rings. The van der Waals surface area contributed by atoms with Crippen molar-refractivity contribution in [1.29, 1.82) is 0 Å². The average molecular weight is 530 g/mol. The van der Waals surface area contributed by atoms with E-state index in [2.05, 4.69) is 0 Å². The fourth-order valence-electron chi connectivity index (χ4n) is 0. The zero-order valence-electron chi connectivity index (χ0n) is 3.55. The van der Waals surface area contributed by atoms with Crippen LogP contribution in [-0.2, 0) is 18.1 Å². The van der Waals surface area contributed by atoms with Gasteiger partial charge in [-0.15, -0.1) is 0 Å². The summed E-state index contributed by atoms with van der Waals surface area (Å²) in [6.07, 6.45) is 0. The van der Waals surface area contributed by atoms with Crippen molar-refractivity contribution < 1.29 is 32.9 Å². The van der Waals surface area contributed by atoms with Crippen molar-refractivity contribution in [3.05, 3.63) is 0 Å². The molecule has 0 aromatic heterocycles. The van der Waals surface area contributed by atoms with E-state index in [1.54, 1.807) is 0 Å². The number of rotatable bonds is 0. The van der Waals surface area contributed by atoms with E-state index in [0.717, 1.165) is 0 Å². The number of hydrogen-bond donors (Lipinski definition) is 0. The third-order valence-corrected chi connectivity index (χ3v) is 0. The molecule has 0 bridgehead atoms. The molecule has 7 heavy (non-hydrogen) atoms. The zero-order valence-corrected chi connectivity index (χ0v) is 16.1. The van der Waals surface area contributed by atoms with E-state index >= 15 is 0 Å². The first-order valence-electron chi connectivity index (χ1n) is 0.816. The maximum absolute atomic E-state index is 8.62. The molecule has 0 saturated carbocycles. The van der Waals surface area contributed by atoms with Crippen LogP contribution >= 0.6 is 0 Å². The molecule has 0 N–H and O–H groups in total. The molecular weight excluding hydrogens is 526 g/mol. The van der Waals surface area contributed by atoms with Gasteiger partial charge < -0.3 is 0 Å². The van der Waals surface area contributed by atoms with E-state index in [4.69, 9.17) is 14.8 Å². The molecule has 0 aliphatic heterocycles. The second-order valence-corrected chi connectivity index (χ2v) is 2.06. The van der Waals surface area contributed by atoms with Crippen molar-refractivity contribution in [1.82, 2.24) is 0 Å². The van der Waals surface area contributed by atoms with Crippen LogP contribution in [0.1, 0.15) is 0 Å². The molecule has 0 fully saturated rings. The van der Waals surface area contributed by atoms with E-state index in [-0.39, 0.29) is 54.6 Å². The SMILES string of the molecule is [O-][Ti]([O-])([O-])[O-].[PbH2+2].[PbH2+2]. The van der Waals surface area contributed by atoms with Gasteiger partial charge in [-0.3, -0.25) is 0 Å². The summed E-state index contributed by atoms with van der Waals surface area (Å²) in [6, 6.07) is 0. The van der Waals surface area contributed by atoms with Gasteiger partial charge in [0.25, 0.3) is 0 Å². The van der Waals surface area contributed by atoms with Crippen LogP contribution in [0.2, 0.25) is 0 Å². The van der Waals surface area contributed by atoms with Crippen LogP contribution < -0.4 is 14.8 Å². The van der Waals surface area contributed by atoms with Gasteiger partial charge in [-0.2, -0.15) is 0 Å². The summed E-state index contributed by atoms with van der Waals surface area (Å²) >= 11 is -6.00. The molecule has 0 rings (SSSR count). The van der Waals surface area contributed by atoms with Crippen LogP contribution in [0.4, 0.5) is 0 Å². The van der Waals surface area contributed by atoms with Gasteiger partial charge >= 0.3 is 87.5 Å². The van der Waals surface area contributed by atoms with Crippen molar-refractivity contribution in [3.63, 3.8) is 0 Å². The van der Waals surface area contributed by atoms with Crippen molar-refractivity contribution in [2.45, 2.75) is 0 Å². The van der Waals surface area contributed by atoms with E-state index in [0.29, 0.717) is 0 Å². The van der Waals surface area contributed by atoms with E-state index in [1.807, 2.05) is 0 Å². The third-order valence-electron chi connectivity index (χ3n) is 0. The molecule has 7 heteroatoms. The summed E-state index contributed by atoms with van der Waals surface area (Å²) in [5, 5.41) is 0. The first kappa shape index (κ1) is 16.2. The standard InChI is InChI=1S/4O.2Pb.Ti.4H/q4*-1;2*+2;;;;;. The van der Waals surface area contributed by atoms with Gasteiger partial charge in [0.15, 0.2) is 0 Å². The molecule has 0 aliphatic carbocycles. The Morgan fingerprint density at radius 1 is 0.714 bits per heavy atom. The molecule has 0 heterocycles. The van der Waals surface area contributed by atoms with E-state index in [1.165, 1.54) is 0 Å². The Balaban J connectivity index is -0.0000000800. The molecule has 0 radical (unpaired) electrons. The molecule has 0 spiro atoms. The van der Waals surface area contributed by atoms with Crippen LogP contribution in [0, 0.1) is 0 Å². The number of hydrogen-bond acceptors (Lipinski definition) is 4. The van der Waals surface area contributed by atoms with Crippen molar-refractivity contribution in [2.75, 3.05) is 0 Å². The first-order valence-corrected chi connectivity index (χ1v) is 3.37. The Bertz CT molecular complexity index is 25.2. The molecule has 0 aromatic rings. The molecule has 0 atom stereocenters. The first-order chi connectivity index (χ1) is 2.00. The topological polar surface area (TPSA) is 92.2 Å². The second-order valence-electron chi connectivity index (χ2n) is 0.500. The predicted molar refractivity (Wildman–Crippen MR) is 17.1 cm³/mol.